The number of hydrogen-bond donors (Lipinski definition) is 12. The van der Waals surface area contributed by atoms with Gasteiger partial charge in [-0.05, 0) is 98.7 Å². The molecule has 9 fully saturated rings. The summed E-state index contributed by atoms with van der Waals surface area (Å²) in [6, 6.07) is 0. The number of hydrogen-bond acceptors (Lipinski definition) is 20. The van der Waals surface area contributed by atoms with Gasteiger partial charge in [-0.1, -0.05) is 51.4 Å². The van der Waals surface area contributed by atoms with Gasteiger partial charge < -0.3 is 51.9 Å². The summed E-state index contributed by atoms with van der Waals surface area (Å²) in [5, 5.41) is 33.8. The van der Waals surface area contributed by atoms with Crippen molar-refractivity contribution < 1.29 is 69.0 Å². The van der Waals surface area contributed by atoms with Crippen LogP contribution in [0.15, 0.2) is 0 Å². The second kappa shape index (κ2) is 23.9. The summed E-state index contributed by atoms with van der Waals surface area (Å²) >= 11 is 0. The van der Waals surface area contributed by atoms with Crippen molar-refractivity contribution in [3.63, 3.8) is 0 Å². The topological polar surface area (TPSA) is 314 Å². The molecular formula is C32H60FeN8O12S4. The van der Waals surface area contributed by atoms with Crippen molar-refractivity contribution in [1.82, 2.24) is 42.5 Å². The molecule has 0 spiro atoms. The van der Waals surface area contributed by atoms with Gasteiger partial charge in [0.05, 0.1) is 49.3 Å². The molecule has 12 N–H and O–H groups in total. The van der Waals surface area contributed by atoms with Gasteiger partial charge in [-0.2, -0.15) is 0 Å². The molecule has 4 saturated carbocycles. The van der Waals surface area contributed by atoms with E-state index >= 15 is 0 Å². The summed E-state index contributed by atoms with van der Waals surface area (Å²) in [7, 11) is -11.4. The quantitative estimate of drug-likeness (QED) is 0.0712. The third-order valence-corrected chi connectivity index (χ3v) is 13.8. The van der Waals surface area contributed by atoms with E-state index in [0.717, 1.165) is 47.3 Å². The summed E-state index contributed by atoms with van der Waals surface area (Å²) < 4.78 is 96.3. The summed E-state index contributed by atoms with van der Waals surface area (Å²) in [5.41, 5.74) is 0. The van der Waals surface area contributed by atoms with E-state index in [0.29, 0.717) is 49.3 Å². The van der Waals surface area contributed by atoms with E-state index in [9.17, 15) is 0 Å². The maximum Gasteiger partial charge on any atom is 4.00 e. The average Bonchev–Trinajstić information content (AvgIpc) is 3.87. The molecule has 5 aliphatic heterocycles. The van der Waals surface area contributed by atoms with Crippen molar-refractivity contribution in [3.8, 4) is 0 Å². The standard InChI is InChI=1S/C32H56N8.Fe.4HO3S/c1-2-10-18-17(9-1)25-33-26(18)38-28-21-13-5-6-14-22(21)30(35-28)40-32-24-16-8-7-15-23(24)31(36-32)39-29-20-12-4-3-11-19(20)27(34-29)37-25;;4*1-4(2)3/h17-40H,1-16H2;;4*(H,1,2,3)/q;+4;4*-1. The minimum Gasteiger partial charge on any atom is -0.439 e. The minimum absolute atomic E-state index is 0. The van der Waals surface area contributed by atoms with E-state index in [4.69, 9.17) is 51.9 Å². The molecule has 0 aromatic heterocycles. The number of nitrogens with one attached hydrogen (secondary N) is 8. The van der Waals surface area contributed by atoms with Gasteiger partial charge >= 0.3 is 17.1 Å². The van der Waals surface area contributed by atoms with Crippen molar-refractivity contribution >= 4 is 43.9 Å². The van der Waals surface area contributed by atoms with Crippen LogP contribution in [-0.4, -0.2) is 67.5 Å². The zero-order chi connectivity index (χ0) is 40.5. The Bertz CT molecular complexity index is 1260. The first-order valence-corrected chi connectivity index (χ1v) is 24.1. The van der Waals surface area contributed by atoms with Crippen LogP contribution in [0.2, 0.25) is 0 Å². The van der Waals surface area contributed by atoms with E-state index in [1.165, 1.54) is 103 Å². The fourth-order valence-corrected chi connectivity index (χ4v) is 12.0. The van der Waals surface area contributed by atoms with Crippen molar-refractivity contribution in [3.05, 3.63) is 0 Å². The first-order valence-electron chi connectivity index (χ1n) is 19.9. The van der Waals surface area contributed by atoms with Crippen molar-refractivity contribution in [2.45, 2.75) is 152 Å². The number of rotatable bonds is 0. The van der Waals surface area contributed by atoms with Gasteiger partial charge in [0.1, 0.15) is 0 Å². The van der Waals surface area contributed by atoms with Crippen LogP contribution in [0.4, 0.5) is 0 Å². The molecular weight excluding hydrogens is 873 g/mol. The van der Waals surface area contributed by atoms with E-state index in [-0.39, 0.29) is 17.1 Å². The van der Waals surface area contributed by atoms with Crippen molar-refractivity contribution in [2.75, 3.05) is 0 Å². The fraction of sp³-hybridized carbons (Fsp3) is 1.00. The molecule has 8 atom stereocenters. The Morgan fingerprint density at radius 1 is 0.263 bits per heavy atom. The van der Waals surface area contributed by atoms with Crippen LogP contribution in [0.25, 0.3) is 0 Å². The van der Waals surface area contributed by atoms with Gasteiger partial charge in [0.2, 0.25) is 0 Å². The van der Waals surface area contributed by atoms with E-state index in [1.807, 2.05) is 0 Å². The fourth-order valence-electron chi connectivity index (χ4n) is 12.0. The Morgan fingerprint density at radius 2 is 0.351 bits per heavy atom. The van der Waals surface area contributed by atoms with Crippen LogP contribution in [0.1, 0.15) is 103 Å². The summed E-state index contributed by atoms with van der Waals surface area (Å²) in [4.78, 5) is 0. The van der Waals surface area contributed by atoms with Gasteiger partial charge in [-0.15, -0.1) is 0 Å². The minimum atomic E-state index is -2.86. The Kier molecular flexibility index (Phi) is 20.7. The molecule has 0 aromatic rings. The second-order valence-corrected chi connectivity index (χ2v) is 18.2. The van der Waals surface area contributed by atoms with Gasteiger partial charge in [0.25, 0.3) is 0 Å². The Hall–Kier alpha value is -0.161. The SMILES string of the molecule is C1CCC2C3NC(NC4NC(NC5NC(NC6NC(N3)C3CCCCC63)C3CCCCC53)C3CCCCC43)C2C1.O=[S-](=O)O.O=[S-](=O)O.O=[S-](=O)O.O=[S-](=O)O.[Fe+4]. The zero-order valence-electron chi connectivity index (χ0n) is 31.6. The molecule has 0 radical (unpaired) electrons. The molecule has 5 saturated heterocycles. The number of fused-ring (bicyclic) bond motifs is 20. The normalized spacial score (nSPS) is 42.8. The molecule has 0 aromatic carbocycles. The first kappa shape index (κ1) is 49.5. The molecule has 20 nitrogen and oxygen atoms in total. The summed E-state index contributed by atoms with van der Waals surface area (Å²) in [6.07, 6.45) is 25.6. The maximum atomic E-state index is 8.56. The molecule has 4 aliphatic carbocycles. The van der Waals surface area contributed by atoms with E-state index < -0.39 is 43.9 Å². The van der Waals surface area contributed by atoms with Gasteiger partial charge in [-0.25, -0.2) is 0 Å². The Balaban J connectivity index is 0.000000366. The van der Waals surface area contributed by atoms with Crippen molar-refractivity contribution in [2.24, 2.45) is 47.3 Å². The molecule has 8 bridgehead atoms. The van der Waals surface area contributed by atoms with Crippen LogP contribution in [0.5, 0.6) is 0 Å². The largest absolute Gasteiger partial charge is 4.00 e. The molecule has 5 heterocycles. The summed E-state index contributed by atoms with van der Waals surface area (Å²) in [6.45, 7) is 0. The van der Waals surface area contributed by atoms with Crippen molar-refractivity contribution in [1.29, 1.82) is 0 Å². The zero-order valence-corrected chi connectivity index (χ0v) is 36.0. The van der Waals surface area contributed by atoms with Gasteiger partial charge in [0.15, 0.2) is 0 Å². The van der Waals surface area contributed by atoms with E-state index in [2.05, 4.69) is 42.5 Å². The molecule has 9 aliphatic rings. The second-order valence-electron chi connectivity index (χ2n) is 16.5. The van der Waals surface area contributed by atoms with E-state index in [1.54, 1.807) is 0 Å². The van der Waals surface area contributed by atoms with Gasteiger partial charge in [-0.3, -0.25) is 42.5 Å². The first-order chi connectivity index (χ1) is 26.7. The molecule has 9 rings (SSSR count). The third kappa shape index (κ3) is 13.9. The average molecular weight is 933 g/mol. The third-order valence-electron chi connectivity index (χ3n) is 13.8. The predicted octanol–water partition coefficient (Wildman–Crippen LogP) is 1.68. The van der Waals surface area contributed by atoms with Crippen LogP contribution >= 0.6 is 0 Å². The van der Waals surface area contributed by atoms with Crippen LogP contribution < -0.4 is 42.5 Å². The predicted molar refractivity (Wildman–Crippen MR) is 203 cm³/mol. The van der Waals surface area contributed by atoms with Crippen LogP contribution in [0.3, 0.4) is 0 Å². The molecule has 8 unspecified atom stereocenters. The van der Waals surface area contributed by atoms with Crippen LogP contribution in [0, 0.1) is 47.3 Å². The molecule has 0 amide bonds. The maximum absolute atomic E-state index is 8.56. The molecule has 57 heavy (non-hydrogen) atoms. The smallest absolute Gasteiger partial charge is 0.439 e. The molecule has 25 heteroatoms. The summed E-state index contributed by atoms with van der Waals surface area (Å²) in [5.74, 6) is 5.97. The Labute approximate surface area is 353 Å². The molecule has 332 valence electrons. The van der Waals surface area contributed by atoms with Gasteiger partial charge in [0, 0.05) is 43.9 Å². The monoisotopic (exact) mass is 932 g/mol. The Morgan fingerprint density at radius 3 is 0.439 bits per heavy atom. The van der Waals surface area contributed by atoms with Crippen LogP contribution in [-0.2, 0) is 94.7 Å².